The average molecular weight is 240 g/mol. The van der Waals surface area contributed by atoms with Crippen LogP contribution in [0.2, 0.25) is 0 Å². The number of aromatic amines is 1. The number of aromatic nitrogens is 2. The Morgan fingerprint density at radius 2 is 2.33 bits per heavy atom. The van der Waals surface area contributed by atoms with Gasteiger partial charge in [-0.1, -0.05) is 0 Å². The molecule has 0 saturated carbocycles. The molecule has 0 aliphatic carbocycles. The molecule has 2 aromatic heterocycles. The number of amides is 1. The third-order valence-electron chi connectivity index (χ3n) is 2.54. The van der Waals surface area contributed by atoms with Crippen LogP contribution < -0.4 is 0 Å². The van der Waals surface area contributed by atoms with Crippen molar-refractivity contribution >= 4 is 5.91 Å². The molecule has 1 amide bonds. The second-order valence-corrected chi connectivity index (χ2v) is 3.92. The van der Waals surface area contributed by atoms with Crippen LogP contribution in [0.5, 0.6) is 0 Å². The number of pyridine rings is 1. The fraction of sp³-hybridized carbons (Fsp3) is 0.154. The van der Waals surface area contributed by atoms with Crippen molar-refractivity contribution in [2.45, 2.75) is 6.54 Å². The molecule has 0 unspecified atom stereocenters. The van der Waals surface area contributed by atoms with E-state index in [0.29, 0.717) is 17.8 Å². The van der Waals surface area contributed by atoms with Crippen LogP contribution in [-0.4, -0.2) is 27.8 Å². The number of hydrogen-bond acceptors (Lipinski definition) is 3. The monoisotopic (exact) mass is 240 g/mol. The first-order valence-electron chi connectivity index (χ1n) is 5.44. The highest BCUT2D eigenvalue weighted by molar-refractivity contribution is 5.92. The van der Waals surface area contributed by atoms with Crippen molar-refractivity contribution in [1.29, 1.82) is 5.26 Å². The highest BCUT2D eigenvalue weighted by Gasteiger charge is 2.13. The van der Waals surface area contributed by atoms with Gasteiger partial charge in [0.15, 0.2) is 0 Å². The maximum Gasteiger partial charge on any atom is 0.272 e. The van der Waals surface area contributed by atoms with Crippen LogP contribution in [0.25, 0.3) is 0 Å². The Morgan fingerprint density at radius 3 is 2.89 bits per heavy atom. The minimum atomic E-state index is -0.166. The molecule has 2 heterocycles. The van der Waals surface area contributed by atoms with Crippen molar-refractivity contribution in [2.24, 2.45) is 0 Å². The molecule has 0 atom stereocenters. The van der Waals surface area contributed by atoms with Gasteiger partial charge in [0.2, 0.25) is 0 Å². The highest BCUT2D eigenvalue weighted by atomic mass is 16.2. The van der Waals surface area contributed by atoms with Gasteiger partial charge in [-0.15, -0.1) is 0 Å². The van der Waals surface area contributed by atoms with Crippen molar-refractivity contribution in [3.63, 3.8) is 0 Å². The minimum absolute atomic E-state index is 0.166. The molecule has 2 rings (SSSR count). The van der Waals surface area contributed by atoms with Gasteiger partial charge >= 0.3 is 0 Å². The van der Waals surface area contributed by atoms with E-state index in [-0.39, 0.29) is 5.91 Å². The zero-order valence-electron chi connectivity index (χ0n) is 9.92. The maximum atomic E-state index is 12.0. The van der Waals surface area contributed by atoms with E-state index in [9.17, 15) is 4.79 Å². The summed E-state index contributed by atoms with van der Waals surface area (Å²) in [5.74, 6) is -0.166. The van der Waals surface area contributed by atoms with Crippen LogP contribution in [0.4, 0.5) is 0 Å². The van der Waals surface area contributed by atoms with Crippen molar-refractivity contribution in [1.82, 2.24) is 14.9 Å². The Morgan fingerprint density at radius 1 is 1.50 bits per heavy atom. The summed E-state index contributed by atoms with van der Waals surface area (Å²) in [6.07, 6.45) is 5.06. The third-order valence-corrected chi connectivity index (χ3v) is 2.54. The summed E-state index contributed by atoms with van der Waals surface area (Å²) < 4.78 is 0. The third kappa shape index (κ3) is 2.55. The quantitative estimate of drug-likeness (QED) is 0.884. The van der Waals surface area contributed by atoms with Gasteiger partial charge in [-0.05, 0) is 23.8 Å². The zero-order valence-corrected chi connectivity index (χ0v) is 9.92. The topological polar surface area (TPSA) is 72.8 Å². The SMILES string of the molecule is CN(Cc1cc[nH]c1)C(=O)c1ccc(C#N)cn1. The molecule has 0 fully saturated rings. The summed E-state index contributed by atoms with van der Waals surface area (Å²) in [6.45, 7) is 0.518. The van der Waals surface area contributed by atoms with Crippen molar-refractivity contribution < 1.29 is 4.79 Å². The van der Waals surface area contributed by atoms with Gasteiger partial charge < -0.3 is 9.88 Å². The first kappa shape index (κ1) is 11.9. The fourth-order valence-corrected chi connectivity index (χ4v) is 1.58. The predicted octanol–water partition coefficient (Wildman–Crippen LogP) is 1.55. The van der Waals surface area contributed by atoms with E-state index in [4.69, 9.17) is 5.26 Å². The van der Waals surface area contributed by atoms with Crippen molar-refractivity contribution in [3.8, 4) is 6.07 Å². The number of nitrogens with zero attached hydrogens (tertiary/aromatic N) is 3. The van der Waals surface area contributed by atoms with Gasteiger partial charge in [0, 0.05) is 32.2 Å². The molecule has 5 heteroatoms. The molecule has 18 heavy (non-hydrogen) atoms. The predicted molar refractivity (Wildman–Crippen MR) is 65.5 cm³/mol. The van der Waals surface area contributed by atoms with Gasteiger partial charge in [0.25, 0.3) is 5.91 Å². The Balaban J connectivity index is 2.08. The molecule has 0 spiro atoms. The summed E-state index contributed by atoms with van der Waals surface area (Å²) in [4.78, 5) is 20.5. The van der Waals surface area contributed by atoms with Gasteiger partial charge in [0.1, 0.15) is 11.8 Å². The molecular formula is C13H12N4O. The highest BCUT2D eigenvalue weighted by Crippen LogP contribution is 2.06. The summed E-state index contributed by atoms with van der Waals surface area (Å²) in [7, 11) is 1.72. The van der Waals surface area contributed by atoms with Crippen LogP contribution in [0.3, 0.4) is 0 Å². The summed E-state index contributed by atoms with van der Waals surface area (Å²) in [6, 6.07) is 7.03. The molecule has 5 nitrogen and oxygen atoms in total. The van der Waals surface area contributed by atoms with Crippen LogP contribution >= 0.6 is 0 Å². The lowest BCUT2D eigenvalue weighted by Gasteiger charge is -2.15. The molecule has 0 aliphatic rings. The lowest BCUT2D eigenvalue weighted by atomic mass is 10.2. The van der Waals surface area contributed by atoms with Crippen LogP contribution in [0, 0.1) is 11.3 Å². The summed E-state index contributed by atoms with van der Waals surface area (Å²) >= 11 is 0. The van der Waals surface area contributed by atoms with Crippen molar-refractivity contribution in [2.75, 3.05) is 7.05 Å². The van der Waals surface area contributed by atoms with E-state index in [0.717, 1.165) is 5.56 Å². The van der Waals surface area contributed by atoms with Gasteiger partial charge in [-0.3, -0.25) is 4.79 Å². The number of carbonyl (C=O) groups excluding carboxylic acids is 1. The minimum Gasteiger partial charge on any atom is -0.367 e. The average Bonchev–Trinajstić information content (AvgIpc) is 2.91. The molecule has 2 aromatic rings. The molecule has 90 valence electrons. The van der Waals surface area contributed by atoms with E-state index in [1.807, 2.05) is 24.5 Å². The smallest absolute Gasteiger partial charge is 0.272 e. The summed E-state index contributed by atoms with van der Waals surface area (Å²) in [5, 5.41) is 8.66. The molecule has 0 aromatic carbocycles. The fourth-order valence-electron chi connectivity index (χ4n) is 1.58. The number of carbonyl (C=O) groups is 1. The van der Waals surface area contributed by atoms with Crippen LogP contribution in [0.1, 0.15) is 21.6 Å². The molecule has 0 saturated heterocycles. The van der Waals surface area contributed by atoms with Crippen LogP contribution in [-0.2, 0) is 6.54 Å². The number of H-pyrrole nitrogens is 1. The molecule has 0 radical (unpaired) electrons. The van der Waals surface area contributed by atoms with Gasteiger partial charge in [-0.25, -0.2) is 4.98 Å². The first-order valence-corrected chi connectivity index (χ1v) is 5.44. The number of hydrogen-bond donors (Lipinski definition) is 1. The van der Waals surface area contributed by atoms with E-state index in [1.165, 1.54) is 6.20 Å². The standard InChI is InChI=1S/C13H12N4O/c1-17(9-11-4-5-15-7-11)13(18)12-3-2-10(6-14)8-16-12/h2-5,7-8,15H,9H2,1H3. The Hall–Kier alpha value is -2.61. The molecule has 0 bridgehead atoms. The lowest BCUT2D eigenvalue weighted by molar-refractivity contribution is 0.0779. The Labute approximate surface area is 105 Å². The molecule has 1 N–H and O–H groups in total. The Kier molecular flexibility index (Phi) is 3.39. The van der Waals surface area contributed by atoms with Crippen LogP contribution in [0.15, 0.2) is 36.8 Å². The number of rotatable bonds is 3. The summed E-state index contributed by atoms with van der Waals surface area (Å²) in [5.41, 5.74) is 1.81. The van der Waals surface area contributed by atoms with E-state index in [1.54, 1.807) is 24.1 Å². The molecule has 0 aliphatic heterocycles. The Bertz CT molecular complexity index is 566. The van der Waals surface area contributed by atoms with Gasteiger partial charge in [0.05, 0.1) is 5.56 Å². The van der Waals surface area contributed by atoms with E-state index < -0.39 is 0 Å². The van der Waals surface area contributed by atoms with Crippen molar-refractivity contribution in [3.05, 3.63) is 53.6 Å². The lowest BCUT2D eigenvalue weighted by Crippen LogP contribution is -2.26. The largest absolute Gasteiger partial charge is 0.367 e. The maximum absolute atomic E-state index is 12.0. The normalized spacial score (nSPS) is 9.78. The number of nitrogens with one attached hydrogen (secondary N) is 1. The molecular weight excluding hydrogens is 228 g/mol. The number of nitriles is 1. The second kappa shape index (κ2) is 5.15. The van der Waals surface area contributed by atoms with E-state index >= 15 is 0 Å². The van der Waals surface area contributed by atoms with Gasteiger partial charge in [-0.2, -0.15) is 5.26 Å². The van der Waals surface area contributed by atoms with E-state index in [2.05, 4.69) is 9.97 Å². The zero-order chi connectivity index (χ0) is 13.0. The second-order valence-electron chi connectivity index (χ2n) is 3.92. The first-order chi connectivity index (χ1) is 8.70.